The molecule has 2 aromatic rings. The zero-order chi connectivity index (χ0) is 15.6. The second-order valence-electron chi connectivity index (χ2n) is 4.81. The summed E-state index contributed by atoms with van der Waals surface area (Å²) in [5.74, 6) is 0.377. The monoisotopic (exact) mass is 306 g/mol. The minimum Gasteiger partial charge on any atom is -0.494 e. The molecular weight excluding hydrogens is 288 g/mol. The molecule has 0 bridgehead atoms. The Labute approximate surface area is 124 Å². The summed E-state index contributed by atoms with van der Waals surface area (Å²) in [7, 11) is -2.21. The van der Waals surface area contributed by atoms with Gasteiger partial charge in [-0.1, -0.05) is 6.07 Å². The third-order valence-electron chi connectivity index (χ3n) is 3.26. The Bertz CT molecular complexity index is 770. The van der Waals surface area contributed by atoms with Gasteiger partial charge in [0.15, 0.2) is 0 Å². The highest BCUT2D eigenvalue weighted by atomic mass is 32.2. The van der Waals surface area contributed by atoms with Crippen molar-refractivity contribution in [2.45, 2.75) is 18.7 Å². The fourth-order valence-electron chi connectivity index (χ4n) is 1.88. The lowest BCUT2D eigenvalue weighted by Gasteiger charge is -2.13. The first kappa shape index (κ1) is 15.2. The Kier molecular flexibility index (Phi) is 4.09. The number of aryl methyl sites for hydroxylation is 2. The van der Waals surface area contributed by atoms with E-state index >= 15 is 0 Å². The summed E-state index contributed by atoms with van der Waals surface area (Å²) in [5.41, 5.74) is 8.47. The number of sulfonamides is 1. The SMILES string of the molecule is COc1cc(N)ccc1NS(=O)(=O)c1ccc(C)c(C)c1. The van der Waals surface area contributed by atoms with Gasteiger partial charge in [-0.3, -0.25) is 4.72 Å². The lowest BCUT2D eigenvalue weighted by atomic mass is 10.1. The number of benzene rings is 2. The van der Waals surface area contributed by atoms with E-state index in [0.29, 0.717) is 17.1 Å². The minimum absolute atomic E-state index is 0.212. The van der Waals surface area contributed by atoms with E-state index < -0.39 is 10.0 Å². The molecule has 112 valence electrons. The molecule has 3 N–H and O–H groups in total. The molecular formula is C15H18N2O3S. The van der Waals surface area contributed by atoms with Gasteiger partial charge in [0.05, 0.1) is 17.7 Å². The maximum atomic E-state index is 12.4. The first-order valence-corrected chi connectivity index (χ1v) is 7.85. The molecule has 0 aromatic heterocycles. The van der Waals surface area contributed by atoms with Crippen molar-refractivity contribution in [1.82, 2.24) is 0 Å². The molecule has 6 heteroatoms. The number of anilines is 2. The van der Waals surface area contributed by atoms with Crippen molar-refractivity contribution < 1.29 is 13.2 Å². The fraction of sp³-hybridized carbons (Fsp3) is 0.200. The molecule has 2 aromatic carbocycles. The molecule has 0 fully saturated rings. The molecule has 5 nitrogen and oxygen atoms in total. The van der Waals surface area contributed by atoms with Gasteiger partial charge in [0.1, 0.15) is 5.75 Å². The van der Waals surface area contributed by atoms with Gasteiger partial charge in [-0.05, 0) is 49.2 Å². The Morgan fingerprint density at radius 2 is 1.76 bits per heavy atom. The molecule has 21 heavy (non-hydrogen) atoms. The lowest BCUT2D eigenvalue weighted by molar-refractivity contribution is 0.417. The van der Waals surface area contributed by atoms with Gasteiger partial charge < -0.3 is 10.5 Å². The third-order valence-corrected chi connectivity index (χ3v) is 4.62. The molecule has 0 saturated carbocycles. The van der Waals surface area contributed by atoms with E-state index in [-0.39, 0.29) is 4.90 Å². The first-order valence-electron chi connectivity index (χ1n) is 6.37. The molecule has 0 atom stereocenters. The van der Waals surface area contributed by atoms with Crippen molar-refractivity contribution in [2.75, 3.05) is 17.6 Å². The summed E-state index contributed by atoms with van der Waals surface area (Å²) in [6, 6.07) is 9.76. The van der Waals surface area contributed by atoms with Crippen molar-refractivity contribution in [1.29, 1.82) is 0 Å². The van der Waals surface area contributed by atoms with Crippen LogP contribution in [0.4, 0.5) is 11.4 Å². The van der Waals surface area contributed by atoms with Crippen molar-refractivity contribution in [3.05, 3.63) is 47.5 Å². The summed E-state index contributed by atoms with van der Waals surface area (Å²) in [4.78, 5) is 0.212. The van der Waals surface area contributed by atoms with Crippen LogP contribution in [0.1, 0.15) is 11.1 Å². The number of methoxy groups -OCH3 is 1. The zero-order valence-electron chi connectivity index (χ0n) is 12.2. The van der Waals surface area contributed by atoms with E-state index in [0.717, 1.165) is 11.1 Å². The summed E-state index contributed by atoms with van der Waals surface area (Å²) in [6.07, 6.45) is 0. The molecule has 0 aliphatic heterocycles. The maximum absolute atomic E-state index is 12.4. The summed E-state index contributed by atoms with van der Waals surface area (Å²) in [5, 5.41) is 0. The van der Waals surface area contributed by atoms with Gasteiger partial charge >= 0.3 is 0 Å². The zero-order valence-corrected chi connectivity index (χ0v) is 13.0. The van der Waals surface area contributed by atoms with Crippen LogP contribution in [0, 0.1) is 13.8 Å². The molecule has 0 amide bonds. The van der Waals surface area contributed by atoms with Gasteiger partial charge in [-0.25, -0.2) is 8.42 Å². The maximum Gasteiger partial charge on any atom is 0.262 e. The van der Waals surface area contributed by atoms with Crippen molar-refractivity contribution >= 4 is 21.4 Å². The van der Waals surface area contributed by atoms with Crippen LogP contribution in [-0.4, -0.2) is 15.5 Å². The molecule has 0 unspecified atom stereocenters. The highest BCUT2D eigenvalue weighted by Gasteiger charge is 2.17. The molecule has 0 aliphatic carbocycles. The van der Waals surface area contributed by atoms with Crippen molar-refractivity contribution in [3.63, 3.8) is 0 Å². The van der Waals surface area contributed by atoms with Crippen LogP contribution in [-0.2, 0) is 10.0 Å². The normalized spacial score (nSPS) is 11.2. The predicted octanol–water partition coefficient (Wildman–Crippen LogP) is 2.70. The van der Waals surface area contributed by atoms with Crippen LogP contribution in [0.15, 0.2) is 41.3 Å². The number of hydrogen-bond donors (Lipinski definition) is 2. The van der Waals surface area contributed by atoms with Gasteiger partial charge in [0, 0.05) is 11.8 Å². The molecule has 0 aliphatic rings. The topological polar surface area (TPSA) is 81.4 Å². The van der Waals surface area contributed by atoms with Gasteiger partial charge in [0.25, 0.3) is 10.0 Å². The average Bonchev–Trinajstić information content (AvgIpc) is 2.43. The number of nitrogens with one attached hydrogen (secondary N) is 1. The second kappa shape index (κ2) is 5.65. The smallest absolute Gasteiger partial charge is 0.262 e. The molecule has 0 spiro atoms. The fourth-order valence-corrected chi connectivity index (χ4v) is 3.03. The Morgan fingerprint density at radius 3 is 2.38 bits per heavy atom. The summed E-state index contributed by atoms with van der Waals surface area (Å²) < 4.78 is 32.5. The van der Waals surface area contributed by atoms with Crippen molar-refractivity contribution in [3.8, 4) is 5.75 Å². The number of rotatable bonds is 4. The van der Waals surface area contributed by atoms with Gasteiger partial charge in [-0.2, -0.15) is 0 Å². The van der Waals surface area contributed by atoms with Crippen LogP contribution < -0.4 is 15.2 Å². The highest BCUT2D eigenvalue weighted by molar-refractivity contribution is 7.92. The molecule has 2 rings (SSSR count). The van der Waals surface area contributed by atoms with Crippen LogP contribution in [0.5, 0.6) is 5.75 Å². The van der Waals surface area contributed by atoms with E-state index in [1.54, 1.807) is 36.4 Å². The number of nitrogen functional groups attached to an aromatic ring is 1. The van der Waals surface area contributed by atoms with Crippen LogP contribution in [0.2, 0.25) is 0 Å². The second-order valence-corrected chi connectivity index (χ2v) is 6.49. The lowest BCUT2D eigenvalue weighted by Crippen LogP contribution is -2.14. The number of nitrogens with two attached hydrogens (primary N) is 1. The average molecular weight is 306 g/mol. The van der Waals surface area contributed by atoms with Crippen molar-refractivity contribution in [2.24, 2.45) is 0 Å². The first-order chi connectivity index (χ1) is 9.83. The molecule has 0 saturated heterocycles. The minimum atomic E-state index is -3.67. The van der Waals surface area contributed by atoms with E-state index in [2.05, 4.69) is 4.72 Å². The summed E-state index contributed by atoms with van der Waals surface area (Å²) >= 11 is 0. The van der Waals surface area contributed by atoms with E-state index in [9.17, 15) is 8.42 Å². The number of hydrogen-bond acceptors (Lipinski definition) is 4. The largest absolute Gasteiger partial charge is 0.494 e. The highest BCUT2D eigenvalue weighted by Crippen LogP contribution is 2.29. The van der Waals surface area contributed by atoms with E-state index in [1.165, 1.54) is 7.11 Å². The van der Waals surface area contributed by atoms with Gasteiger partial charge in [-0.15, -0.1) is 0 Å². The predicted molar refractivity (Wildman–Crippen MR) is 84.1 cm³/mol. The van der Waals surface area contributed by atoms with Crippen LogP contribution in [0.3, 0.4) is 0 Å². The third kappa shape index (κ3) is 3.28. The van der Waals surface area contributed by atoms with Gasteiger partial charge in [0.2, 0.25) is 0 Å². The van der Waals surface area contributed by atoms with Crippen LogP contribution in [0.25, 0.3) is 0 Å². The Balaban J connectivity index is 2.39. The summed E-state index contributed by atoms with van der Waals surface area (Å²) in [6.45, 7) is 3.81. The quantitative estimate of drug-likeness (QED) is 0.851. The van der Waals surface area contributed by atoms with E-state index in [4.69, 9.17) is 10.5 Å². The Hall–Kier alpha value is -2.21. The molecule has 0 heterocycles. The van der Waals surface area contributed by atoms with Crippen LogP contribution >= 0.6 is 0 Å². The standard InChI is InChI=1S/C15H18N2O3S/c1-10-4-6-13(8-11(10)2)21(18,19)17-14-7-5-12(16)9-15(14)20-3/h4-9,17H,16H2,1-3H3. The number of ether oxygens (including phenoxy) is 1. The Morgan fingerprint density at radius 1 is 1.05 bits per heavy atom. The van der Waals surface area contributed by atoms with E-state index in [1.807, 2.05) is 13.8 Å². The molecule has 0 radical (unpaired) electrons.